The van der Waals surface area contributed by atoms with Crippen LogP contribution in [0.2, 0.25) is 5.02 Å². The third kappa shape index (κ3) is 3.53. The molecule has 0 spiro atoms. The Morgan fingerprint density at radius 1 is 1.40 bits per heavy atom. The minimum Gasteiger partial charge on any atom is -0.481 e. The molecule has 0 atom stereocenters. The van der Waals surface area contributed by atoms with Crippen molar-refractivity contribution >= 4 is 17.6 Å². The highest BCUT2D eigenvalue weighted by Crippen LogP contribution is 2.36. The predicted molar refractivity (Wildman–Crippen MR) is 80.9 cm³/mol. The van der Waals surface area contributed by atoms with Gasteiger partial charge in [-0.25, -0.2) is 0 Å². The van der Waals surface area contributed by atoms with Crippen molar-refractivity contribution in [3.8, 4) is 0 Å². The zero-order valence-electron chi connectivity index (χ0n) is 11.9. The molecular formula is C16H22ClNO2. The largest absolute Gasteiger partial charge is 0.481 e. The summed E-state index contributed by atoms with van der Waals surface area (Å²) >= 11 is 5.99. The van der Waals surface area contributed by atoms with Crippen LogP contribution in [-0.2, 0) is 11.3 Å². The van der Waals surface area contributed by atoms with Gasteiger partial charge in [-0.3, -0.25) is 9.69 Å². The van der Waals surface area contributed by atoms with Crippen LogP contribution in [0.5, 0.6) is 0 Å². The highest BCUT2D eigenvalue weighted by Gasteiger charge is 2.40. The summed E-state index contributed by atoms with van der Waals surface area (Å²) in [5.41, 5.74) is 0.690. The summed E-state index contributed by atoms with van der Waals surface area (Å²) in [5.74, 6) is -0.623. The third-order valence-corrected chi connectivity index (χ3v) is 4.53. The number of likely N-dealkylation sites (tertiary alicyclic amines) is 1. The number of nitrogens with zero attached hydrogens (tertiary/aromatic N) is 1. The number of carboxylic acid groups (broad SMARTS) is 1. The molecule has 0 bridgehead atoms. The summed E-state index contributed by atoms with van der Waals surface area (Å²) in [5, 5.41) is 10.3. The lowest BCUT2D eigenvalue weighted by atomic mass is 9.75. The molecule has 1 aliphatic rings. The van der Waals surface area contributed by atoms with Gasteiger partial charge in [0, 0.05) is 11.6 Å². The number of piperidine rings is 1. The van der Waals surface area contributed by atoms with Crippen LogP contribution in [-0.4, -0.2) is 29.1 Å². The van der Waals surface area contributed by atoms with Gasteiger partial charge in [0.15, 0.2) is 0 Å². The highest BCUT2D eigenvalue weighted by atomic mass is 35.5. The fraction of sp³-hybridized carbons (Fsp3) is 0.562. The maximum absolute atomic E-state index is 11.5. The molecule has 1 saturated heterocycles. The van der Waals surface area contributed by atoms with Crippen molar-refractivity contribution in [2.45, 2.75) is 39.2 Å². The third-order valence-electron chi connectivity index (χ3n) is 4.29. The van der Waals surface area contributed by atoms with Crippen molar-refractivity contribution in [1.29, 1.82) is 0 Å². The van der Waals surface area contributed by atoms with E-state index in [0.717, 1.165) is 50.3 Å². The van der Waals surface area contributed by atoms with Crippen molar-refractivity contribution in [2.24, 2.45) is 5.41 Å². The molecule has 1 heterocycles. The maximum Gasteiger partial charge on any atom is 0.309 e. The van der Waals surface area contributed by atoms with E-state index < -0.39 is 11.4 Å². The van der Waals surface area contributed by atoms with E-state index in [4.69, 9.17) is 11.6 Å². The van der Waals surface area contributed by atoms with Crippen molar-refractivity contribution in [3.63, 3.8) is 0 Å². The molecule has 3 nitrogen and oxygen atoms in total. The van der Waals surface area contributed by atoms with Gasteiger partial charge in [-0.2, -0.15) is 0 Å². The van der Waals surface area contributed by atoms with Crippen LogP contribution in [0.25, 0.3) is 0 Å². The number of rotatable bonds is 5. The summed E-state index contributed by atoms with van der Waals surface area (Å²) in [6.07, 6.45) is 3.21. The first-order valence-corrected chi connectivity index (χ1v) is 7.64. The number of carbonyl (C=O) groups is 1. The van der Waals surface area contributed by atoms with Crippen LogP contribution in [0.3, 0.4) is 0 Å². The first-order valence-electron chi connectivity index (χ1n) is 7.26. The van der Waals surface area contributed by atoms with E-state index in [1.165, 1.54) is 5.56 Å². The summed E-state index contributed by atoms with van der Waals surface area (Å²) in [4.78, 5) is 13.9. The minimum absolute atomic E-state index is 0.500. The van der Waals surface area contributed by atoms with Gasteiger partial charge < -0.3 is 5.11 Å². The van der Waals surface area contributed by atoms with Gasteiger partial charge in [-0.05, 0) is 50.0 Å². The summed E-state index contributed by atoms with van der Waals surface area (Å²) in [7, 11) is 0. The Bertz CT molecular complexity index is 467. The molecule has 1 N–H and O–H groups in total. The van der Waals surface area contributed by atoms with Crippen LogP contribution in [0, 0.1) is 5.41 Å². The van der Waals surface area contributed by atoms with Gasteiger partial charge in [-0.1, -0.05) is 37.1 Å². The fourth-order valence-electron chi connectivity index (χ4n) is 3.08. The van der Waals surface area contributed by atoms with Gasteiger partial charge in [0.05, 0.1) is 5.41 Å². The molecule has 4 heteroatoms. The lowest BCUT2D eigenvalue weighted by Gasteiger charge is -2.38. The zero-order valence-corrected chi connectivity index (χ0v) is 12.7. The quantitative estimate of drug-likeness (QED) is 0.898. The second kappa shape index (κ2) is 6.59. The van der Waals surface area contributed by atoms with E-state index >= 15 is 0 Å². The Balaban J connectivity index is 1.95. The average Bonchev–Trinajstić information content (AvgIpc) is 2.41. The van der Waals surface area contributed by atoms with E-state index in [-0.39, 0.29) is 0 Å². The monoisotopic (exact) mass is 295 g/mol. The number of benzene rings is 1. The highest BCUT2D eigenvalue weighted by molar-refractivity contribution is 6.30. The standard InChI is InChI=1S/C16H22ClNO2/c1-2-6-16(15(19)20)7-9-18(10-8-16)12-13-4-3-5-14(17)11-13/h3-5,11H,2,6-10,12H2,1H3,(H,19,20). The lowest BCUT2D eigenvalue weighted by Crippen LogP contribution is -2.44. The lowest BCUT2D eigenvalue weighted by molar-refractivity contribution is -0.152. The van der Waals surface area contributed by atoms with Crippen molar-refractivity contribution < 1.29 is 9.90 Å². The number of hydrogen-bond donors (Lipinski definition) is 1. The molecule has 1 fully saturated rings. The molecule has 0 aromatic heterocycles. The summed E-state index contributed by atoms with van der Waals surface area (Å²) < 4.78 is 0. The Kier molecular flexibility index (Phi) is 5.06. The molecule has 20 heavy (non-hydrogen) atoms. The second-order valence-corrected chi connectivity index (χ2v) is 6.18. The smallest absolute Gasteiger partial charge is 0.309 e. The van der Waals surface area contributed by atoms with Crippen LogP contribution < -0.4 is 0 Å². The van der Waals surface area contributed by atoms with Crippen LogP contribution >= 0.6 is 11.6 Å². The van der Waals surface area contributed by atoms with E-state index in [0.29, 0.717) is 0 Å². The normalized spacial score (nSPS) is 18.9. The molecule has 0 radical (unpaired) electrons. The van der Waals surface area contributed by atoms with E-state index in [1.807, 2.05) is 18.2 Å². The predicted octanol–water partition coefficient (Wildman–Crippen LogP) is 3.81. The molecule has 0 aliphatic carbocycles. The first-order chi connectivity index (χ1) is 9.55. The molecule has 1 aromatic carbocycles. The van der Waals surface area contributed by atoms with Crippen molar-refractivity contribution in [2.75, 3.05) is 13.1 Å². The van der Waals surface area contributed by atoms with E-state index in [2.05, 4.69) is 17.9 Å². The van der Waals surface area contributed by atoms with Gasteiger partial charge in [-0.15, -0.1) is 0 Å². The van der Waals surface area contributed by atoms with Crippen LogP contribution in [0.15, 0.2) is 24.3 Å². The number of aliphatic carboxylic acids is 1. The van der Waals surface area contributed by atoms with Gasteiger partial charge in [0.1, 0.15) is 0 Å². The van der Waals surface area contributed by atoms with Gasteiger partial charge in [0.25, 0.3) is 0 Å². The molecule has 0 saturated carbocycles. The van der Waals surface area contributed by atoms with E-state index in [1.54, 1.807) is 0 Å². The van der Waals surface area contributed by atoms with Gasteiger partial charge in [0.2, 0.25) is 0 Å². The number of halogens is 1. The van der Waals surface area contributed by atoms with Crippen LogP contribution in [0.1, 0.15) is 38.2 Å². The molecule has 2 rings (SSSR count). The fourth-order valence-corrected chi connectivity index (χ4v) is 3.29. The number of carboxylic acids is 1. The summed E-state index contributed by atoms with van der Waals surface area (Å²) in [6.45, 7) is 4.60. The van der Waals surface area contributed by atoms with Crippen LogP contribution in [0.4, 0.5) is 0 Å². The van der Waals surface area contributed by atoms with Crippen molar-refractivity contribution in [3.05, 3.63) is 34.9 Å². The average molecular weight is 296 g/mol. The van der Waals surface area contributed by atoms with Gasteiger partial charge >= 0.3 is 5.97 Å². The number of hydrogen-bond acceptors (Lipinski definition) is 2. The molecule has 110 valence electrons. The van der Waals surface area contributed by atoms with E-state index in [9.17, 15) is 9.90 Å². The molecule has 0 amide bonds. The Hall–Kier alpha value is -1.06. The Morgan fingerprint density at radius 3 is 2.65 bits per heavy atom. The molecular weight excluding hydrogens is 274 g/mol. The zero-order chi connectivity index (χ0) is 14.6. The summed E-state index contributed by atoms with van der Waals surface area (Å²) in [6, 6.07) is 7.88. The first kappa shape index (κ1) is 15.3. The topological polar surface area (TPSA) is 40.5 Å². The SMILES string of the molecule is CCCC1(C(=O)O)CCN(Cc2cccc(Cl)c2)CC1. The molecule has 0 unspecified atom stereocenters. The Morgan fingerprint density at radius 2 is 2.10 bits per heavy atom. The van der Waals surface area contributed by atoms with Crippen molar-refractivity contribution in [1.82, 2.24) is 4.90 Å². The Labute approximate surface area is 125 Å². The molecule has 1 aromatic rings. The second-order valence-electron chi connectivity index (χ2n) is 5.74. The maximum atomic E-state index is 11.5. The molecule has 1 aliphatic heterocycles. The minimum atomic E-state index is -0.623.